The number of hydrogen-bond acceptors (Lipinski definition) is 6. The quantitative estimate of drug-likeness (QED) is 0.451. The Labute approximate surface area is 203 Å². The van der Waals surface area contributed by atoms with Crippen LogP contribution in [0.1, 0.15) is 33.5 Å². The van der Waals surface area contributed by atoms with E-state index in [2.05, 4.69) is 44.8 Å². The number of rotatable bonds is 6. The first-order valence-electron chi connectivity index (χ1n) is 11.7. The minimum Gasteiger partial charge on any atom is -0.355 e. The maximum Gasteiger partial charge on any atom is 0.256 e. The fourth-order valence-corrected chi connectivity index (χ4v) is 4.61. The Morgan fingerprint density at radius 2 is 1.94 bits per heavy atom. The minimum absolute atomic E-state index is 0.0567. The van der Waals surface area contributed by atoms with E-state index in [0.717, 1.165) is 42.7 Å². The summed E-state index contributed by atoms with van der Waals surface area (Å²) < 4.78 is 1.81. The van der Waals surface area contributed by atoms with E-state index in [1.54, 1.807) is 6.20 Å². The van der Waals surface area contributed by atoms with E-state index in [-0.39, 0.29) is 5.56 Å². The Kier molecular flexibility index (Phi) is 6.05. The highest BCUT2D eigenvalue weighted by molar-refractivity contribution is 5.97. The molecule has 2 N–H and O–H groups in total. The van der Waals surface area contributed by atoms with Crippen LogP contribution in [0.4, 0.5) is 11.6 Å². The van der Waals surface area contributed by atoms with Crippen molar-refractivity contribution in [2.45, 2.75) is 25.8 Å². The monoisotopic (exact) mass is 468 g/mol. The van der Waals surface area contributed by atoms with Gasteiger partial charge in [-0.1, -0.05) is 18.2 Å². The van der Waals surface area contributed by atoms with Gasteiger partial charge in [-0.2, -0.15) is 4.98 Å². The third kappa shape index (κ3) is 4.52. The number of hydrogen-bond donors (Lipinski definition) is 2. The van der Waals surface area contributed by atoms with E-state index in [4.69, 9.17) is 4.98 Å². The van der Waals surface area contributed by atoms with Crippen LogP contribution in [0.3, 0.4) is 0 Å². The summed E-state index contributed by atoms with van der Waals surface area (Å²) >= 11 is 0. The van der Waals surface area contributed by atoms with E-state index in [0.29, 0.717) is 17.0 Å². The van der Waals surface area contributed by atoms with Crippen molar-refractivity contribution in [1.29, 1.82) is 0 Å². The van der Waals surface area contributed by atoms with Gasteiger partial charge in [-0.15, -0.1) is 0 Å². The first kappa shape index (κ1) is 22.7. The molecule has 0 saturated carbocycles. The highest BCUT2D eigenvalue weighted by Crippen LogP contribution is 2.26. The number of carbonyl (C=O) groups excluding carboxylic acids is 1. The molecule has 2 heterocycles. The molecule has 4 aromatic rings. The van der Waals surface area contributed by atoms with Gasteiger partial charge in [0.05, 0.1) is 5.39 Å². The van der Waals surface area contributed by atoms with Crippen LogP contribution in [0, 0.1) is 0 Å². The SMILES string of the molecule is CNC(=O)c1cn(-c2ccc3c(c2)CCC3)c2nc(Nc3cccc(CN(C)C)c3)ncc2c1=O. The average molecular weight is 469 g/mol. The normalized spacial score (nSPS) is 12.7. The molecular formula is C27H28N6O2. The van der Waals surface area contributed by atoms with E-state index >= 15 is 0 Å². The second kappa shape index (κ2) is 9.31. The summed E-state index contributed by atoms with van der Waals surface area (Å²) in [5.74, 6) is -0.0618. The third-order valence-electron chi connectivity index (χ3n) is 6.26. The standard InChI is InChI=1S/C27H28N6O2/c1-28-26(35)23-16-33(21-11-10-18-7-5-8-19(18)13-21)25-22(24(23)34)14-29-27(31-25)30-20-9-4-6-17(12-20)15-32(2)3/h4,6,9-14,16H,5,7-8,15H2,1-3H3,(H,28,35)(H,29,30,31). The molecule has 35 heavy (non-hydrogen) atoms. The molecule has 1 aliphatic carbocycles. The van der Waals surface area contributed by atoms with Gasteiger partial charge in [-0.25, -0.2) is 4.98 Å². The van der Waals surface area contributed by atoms with Gasteiger partial charge in [0.25, 0.3) is 5.91 Å². The Balaban J connectivity index is 1.63. The van der Waals surface area contributed by atoms with Crippen molar-refractivity contribution in [3.05, 3.63) is 87.3 Å². The van der Waals surface area contributed by atoms with Crippen molar-refractivity contribution in [2.75, 3.05) is 26.5 Å². The summed E-state index contributed by atoms with van der Waals surface area (Å²) in [4.78, 5) is 36.8. The fourth-order valence-electron chi connectivity index (χ4n) is 4.61. The molecule has 1 aliphatic rings. The molecule has 0 radical (unpaired) electrons. The fraction of sp³-hybridized carbons (Fsp3) is 0.259. The molecule has 0 atom stereocenters. The molecule has 1 amide bonds. The number of nitrogens with zero attached hydrogens (tertiary/aromatic N) is 4. The topological polar surface area (TPSA) is 92.2 Å². The van der Waals surface area contributed by atoms with Crippen LogP contribution in [-0.4, -0.2) is 46.5 Å². The molecule has 0 saturated heterocycles. The van der Waals surface area contributed by atoms with Gasteiger partial charge in [0.1, 0.15) is 5.56 Å². The van der Waals surface area contributed by atoms with Crippen LogP contribution in [0.2, 0.25) is 0 Å². The molecule has 178 valence electrons. The van der Waals surface area contributed by atoms with Gasteiger partial charge < -0.3 is 20.1 Å². The highest BCUT2D eigenvalue weighted by atomic mass is 16.2. The van der Waals surface area contributed by atoms with Crippen LogP contribution in [0.15, 0.2) is 59.7 Å². The summed E-state index contributed by atoms with van der Waals surface area (Å²) in [5, 5.41) is 6.11. The Hall–Kier alpha value is -4.04. The molecule has 0 aliphatic heterocycles. The number of aryl methyl sites for hydroxylation is 2. The Bertz CT molecular complexity index is 1490. The maximum absolute atomic E-state index is 13.1. The van der Waals surface area contributed by atoms with E-state index in [1.165, 1.54) is 24.4 Å². The lowest BCUT2D eigenvalue weighted by Gasteiger charge is -2.15. The summed E-state index contributed by atoms with van der Waals surface area (Å²) in [6, 6.07) is 14.3. The lowest BCUT2D eigenvalue weighted by molar-refractivity contribution is 0.0961. The molecular weight excluding hydrogens is 440 g/mol. The Morgan fingerprint density at radius 3 is 2.74 bits per heavy atom. The third-order valence-corrected chi connectivity index (χ3v) is 6.26. The van der Waals surface area contributed by atoms with Crippen molar-refractivity contribution >= 4 is 28.6 Å². The largest absolute Gasteiger partial charge is 0.355 e. The predicted octanol–water partition coefficient (Wildman–Crippen LogP) is 3.43. The number of carbonyl (C=O) groups is 1. The van der Waals surface area contributed by atoms with Gasteiger partial charge in [-0.3, -0.25) is 9.59 Å². The predicted molar refractivity (Wildman–Crippen MR) is 138 cm³/mol. The average Bonchev–Trinajstić information content (AvgIpc) is 3.32. The van der Waals surface area contributed by atoms with Crippen molar-refractivity contribution < 1.29 is 4.79 Å². The first-order chi connectivity index (χ1) is 16.9. The van der Waals surface area contributed by atoms with Crippen molar-refractivity contribution in [3.8, 4) is 5.69 Å². The highest BCUT2D eigenvalue weighted by Gasteiger charge is 2.19. The number of nitrogens with one attached hydrogen (secondary N) is 2. The number of aromatic nitrogens is 3. The van der Waals surface area contributed by atoms with Gasteiger partial charge in [0, 0.05) is 37.4 Å². The van der Waals surface area contributed by atoms with Crippen LogP contribution < -0.4 is 16.1 Å². The molecule has 0 unspecified atom stereocenters. The Morgan fingerprint density at radius 1 is 1.11 bits per heavy atom. The smallest absolute Gasteiger partial charge is 0.256 e. The zero-order valence-corrected chi connectivity index (χ0v) is 20.1. The summed E-state index contributed by atoms with van der Waals surface area (Å²) in [7, 11) is 5.56. The summed E-state index contributed by atoms with van der Waals surface area (Å²) in [6.45, 7) is 0.814. The molecule has 2 aromatic heterocycles. The molecule has 5 rings (SSSR count). The zero-order valence-electron chi connectivity index (χ0n) is 20.1. The second-order valence-corrected chi connectivity index (χ2v) is 9.12. The van der Waals surface area contributed by atoms with Crippen molar-refractivity contribution in [1.82, 2.24) is 24.8 Å². The lowest BCUT2D eigenvalue weighted by Crippen LogP contribution is -2.27. The van der Waals surface area contributed by atoms with Gasteiger partial charge in [0.15, 0.2) is 5.65 Å². The van der Waals surface area contributed by atoms with Gasteiger partial charge in [0.2, 0.25) is 11.4 Å². The number of fused-ring (bicyclic) bond motifs is 2. The van der Waals surface area contributed by atoms with Crippen LogP contribution >= 0.6 is 0 Å². The number of pyridine rings is 1. The van der Waals surface area contributed by atoms with Crippen LogP contribution in [0.5, 0.6) is 0 Å². The molecule has 0 fully saturated rings. The maximum atomic E-state index is 13.1. The summed E-state index contributed by atoms with van der Waals surface area (Å²) in [5.41, 5.74) is 5.63. The van der Waals surface area contributed by atoms with Crippen LogP contribution in [0.25, 0.3) is 16.7 Å². The molecule has 0 spiro atoms. The first-order valence-corrected chi connectivity index (χ1v) is 11.7. The molecule has 8 heteroatoms. The lowest BCUT2D eigenvalue weighted by atomic mass is 10.1. The second-order valence-electron chi connectivity index (χ2n) is 9.12. The number of amides is 1. The van der Waals surface area contributed by atoms with E-state index in [9.17, 15) is 9.59 Å². The van der Waals surface area contributed by atoms with Gasteiger partial charge >= 0.3 is 0 Å². The minimum atomic E-state index is -0.438. The summed E-state index contributed by atoms with van der Waals surface area (Å²) in [6.07, 6.45) is 6.31. The van der Waals surface area contributed by atoms with Gasteiger partial charge in [-0.05, 0) is 74.3 Å². The number of anilines is 2. The van der Waals surface area contributed by atoms with Crippen molar-refractivity contribution in [2.24, 2.45) is 0 Å². The molecule has 8 nitrogen and oxygen atoms in total. The van der Waals surface area contributed by atoms with Crippen LogP contribution in [-0.2, 0) is 19.4 Å². The zero-order chi connectivity index (χ0) is 24.5. The van der Waals surface area contributed by atoms with Crippen molar-refractivity contribution in [3.63, 3.8) is 0 Å². The van der Waals surface area contributed by atoms with E-state index < -0.39 is 11.3 Å². The van der Waals surface area contributed by atoms with E-state index in [1.807, 2.05) is 36.9 Å². The number of benzene rings is 2. The molecule has 0 bridgehead atoms. The molecule has 2 aromatic carbocycles.